The van der Waals surface area contributed by atoms with E-state index in [4.69, 9.17) is 21.4 Å². The molecule has 0 saturated heterocycles. The Morgan fingerprint density at radius 1 is 1.82 bits per heavy atom. The number of thiophene rings is 1. The summed E-state index contributed by atoms with van der Waals surface area (Å²) in [5.74, 6) is -0.775. The van der Waals surface area contributed by atoms with Gasteiger partial charge in [-0.25, -0.2) is 4.79 Å². The van der Waals surface area contributed by atoms with Gasteiger partial charge in [-0.05, 0) is 0 Å². The highest BCUT2D eigenvalue weighted by Gasteiger charge is 2.16. The van der Waals surface area contributed by atoms with Crippen LogP contribution in [-0.4, -0.2) is 18.2 Å². The number of halogens is 1. The van der Waals surface area contributed by atoms with Crippen LogP contribution in [-0.2, 0) is 0 Å². The smallest absolute Gasteiger partial charge is 0.349 e. The fraction of sp³-hybridized carbons (Fsp3) is 0.167. The molecule has 0 aromatic carbocycles. The molecule has 0 aliphatic rings. The minimum atomic E-state index is -1.02. The number of carboxylic acids is 1. The predicted octanol–water partition coefficient (Wildman–Crippen LogP) is 2.11. The Morgan fingerprint density at radius 2 is 2.45 bits per heavy atom. The number of rotatable bonds is 2. The second-order valence-electron chi connectivity index (χ2n) is 1.75. The molecule has 0 radical (unpaired) electrons. The lowest BCUT2D eigenvalue weighted by atomic mass is 10.4. The summed E-state index contributed by atoms with van der Waals surface area (Å²) in [6, 6.07) is 0. The van der Waals surface area contributed by atoms with Gasteiger partial charge in [-0.3, -0.25) is 0 Å². The van der Waals surface area contributed by atoms with Crippen molar-refractivity contribution in [3.8, 4) is 5.75 Å². The van der Waals surface area contributed by atoms with E-state index in [1.54, 1.807) is 0 Å². The number of hydrogen-bond acceptors (Lipinski definition) is 3. The van der Waals surface area contributed by atoms with E-state index in [0.717, 1.165) is 11.3 Å². The summed E-state index contributed by atoms with van der Waals surface area (Å²) in [5, 5.41) is 10.5. The van der Waals surface area contributed by atoms with E-state index < -0.39 is 5.97 Å². The van der Waals surface area contributed by atoms with Crippen LogP contribution >= 0.6 is 22.9 Å². The summed E-state index contributed by atoms with van der Waals surface area (Å²) in [4.78, 5) is 10.6. The van der Waals surface area contributed by atoms with Gasteiger partial charge >= 0.3 is 5.97 Å². The maximum atomic E-state index is 10.5. The van der Waals surface area contributed by atoms with Crippen molar-refractivity contribution in [1.82, 2.24) is 0 Å². The third kappa shape index (κ3) is 1.46. The second-order valence-corrected chi connectivity index (χ2v) is 3.04. The van der Waals surface area contributed by atoms with Gasteiger partial charge in [-0.1, -0.05) is 11.6 Å². The Hall–Kier alpha value is -0.740. The van der Waals surface area contributed by atoms with Crippen LogP contribution in [0.3, 0.4) is 0 Å². The summed E-state index contributed by atoms with van der Waals surface area (Å²) in [6.07, 6.45) is 0. The average Bonchev–Trinajstić information content (AvgIpc) is 2.30. The zero-order valence-electron chi connectivity index (χ0n) is 5.63. The van der Waals surface area contributed by atoms with Crippen LogP contribution in [0, 0.1) is 0 Å². The minimum Gasteiger partial charge on any atom is -0.493 e. The normalized spacial score (nSPS) is 9.64. The number of carboxylic acid groups (broad SMARTS) is 1. The minimum absolute atomic E-state index is 0.137. The maximum Gasteiger partial charge on any atom is 0.349 e. The Labute approximate surface area is 72.2 Å². The molecule has 0 bridgehead atoms. The lowest BCUT2D eigenvalue weighted by Gasteiger charge is -1.96. The van der Waals surface area contributed by atoms with E-state index in [9.17, 15) is 4.79 Å². The van der Waals surface area contributed by atoms with Crippen molar-refractivity contribution in [3.63, 3.8) is 0 Å². The molecule has 0 spiro atoms. The molecule has 60 valence electrons. The van der Waals surface area contributed by atoms with Gasteiger partial charge in [0.25, 0.3) is 0 Å². The van der Waals surface area contributed by atoms with Crippen LogP contribution in [0.5, 0.6) is 5.75 Å². The summed E-state index contributed by atoms with van der Waals surface area (Å²) < 4.78 is 4.78. The fourth-order valence-corrected chi connectivity index (χ4v) is 1.75. The third-order valence-electron chi connectivity index (χ3n) is 1.10. The summed E-state index contributed by atoms with van der Waals surface area (Å²) in [7, 11) is 1.39. The molecule has 1 N–H and O–H groups in total. The number of methoxy groups -OCH3 is 1. The number of carbonyl (C=O) groups is 1. The van der Waals surface area contributed by atoms with Gasteiger partial charge in [0, 0.05) is 5.38 Å². The molecule has 0 aliphatic carbocycles. The molecule has 0 atom stereocenters. The molecule has 0 aliphatic heterocycles. The van der Waals surface area contributed by atoms with Gasteiger partial charge in [0.2, 0.25) is 0 Å². The van der Waals surface area contributed by atoms with Gasteiger partial charge in [-0.15, -0.1) is 11.3 Å². The van der Waals surface area contributed by atoms with E-state index >= 15 is 0 Å². The molecule has 3 nitrogen and oxygen atoms in total. The Morgan fingerprint density at radius 3 is 2.82 bits per heavy atom. The van der Waals surface area contributed by atoms with Crippen molar-refractivity contribution in [2.45, 2.75) is 0 Å². The first-order valence-electron chi connectivity index (χ1n) is 2.71. The van der Waals surface area contributed by atoms with Crippen LogP contribution in [0.15, 0.2) is 5.38 Å². The molecule has 0 fully saturated rings. The quantitative estimate of drug-likeness (QED) is 0.781. The van der Waals surface area contributed by atoms with Crippen molar-refractivity contribution >= 4 is 28.9 Å². The molecular weight excluding hydrogens is 188 g/mol. The topological polar surface area (TPSA) is 46.5 Å². The highest BCUT2D eigenvalue weighted by molar-refractivity contribution is 7.13. The van der Waals surface area contributed by atoms with Gasteiger partial charge < -0.3 is 9.84 Å². The van der Waals surface area contributed by atoms with Gasteiger partial charge in [0.05, 0.1) is 12.1 Å². The first-order valence-corrected chi connectivity index (χ1v) is 3.97. The molecule has 0 unspecified atom stereocenters. The lowest BCUT2D eigenvalue weighted by Crippen LogP contribution is -1.95. The second kappa shape index (κ2) is 3.11. The van der Waals surface area contributed by atoms with Crippen LogP contribution in [0.25, 0.3) is 0 Å². The first kappa shape index (κ1) is 8.36. The standard InChI is InChI=1S/C6H5ClO3S/c1-10-4-3(7)2-11-5(4)6(8)9/h2H,1H3,(H,8,9). The zero-order chi connectivity index (χ0) is 8.43. The van der Waals surface area contributed by atoms with Crippen LogP contribution < -0.4 is 4.74 Å². The van der Waals surface area contributed by atoms with Crippen LogP contribution in [0.2, 0.25) is 5.02 Å². The van der Waals surface area contributed by atoms with E-state index in [-0.39, 0.29) is 10.6 Å². The first-order chi connectivity index (χ1) is 5.16. The predicted molar refractivity (Wildman–Crippen MR) is 42.8 cm³/mol. The number of aromatic carboxylic acids is 1. The van der Waals surface area contributed by atoms with Crippen molar-refractivity contribution in [1.29, 1.82) is 0 Å². The van der Waals surface area contributed by atoms with Gasteiger partial charge in [0.1, 0.15) is 0 Å². The van der Waals surface area contributed by atoms with E-state index in [1.807, 2.05) is 0 Å². The van der Waals surface area contributed by atoms with Crippen molar-refractivity contribution in [3.05, 3.63) is 15.3 Å². The molecule has 1 aromatic rings. The van der Waals surface area contributed by atoms with Gasteiger partial charge in [0.15, 0.2) is 10.6 Å². The molecule has 5 heteroatoms. The Bertz CT molecular complexity index is 281. The fourth-order valence-electron chi connectivity index (χ4n) is 0.664. The lowest BCUT2D eigenvalue weighted by molar-refractivity contribution is 0.0699. The molecular formula is C6H5ClO3S. The zero-order valence-corrected chi connectivity index (χ0v) is 7.20. The monoisotopic (exact) mass is 192 g/mol. The summed E-state index contributed by atoms with van der Waals surface area (Å²) >= 11 is 6.66. The maximum absolute atomic E-state index is 10.5. The molecule has 0 amide bonds. The Kier molecular flexibility index (Phi) is 2.36. The van der Waals surface area contributed by atoms with Gasteiger partial charge in [-0.2, -0.15) is 0 Å². The van der Waals surface area contributed by atoms with Crippen LogP contribution in [0.1, 0.15) is 9.67 Å². The largest absolute Gasteiger partial charge is 0.493 e. The van der Waals surface area contributed by atoms with Crippen molar-refractivity contribution < 1.29 is 14.6 Å². The number of hydrogen-bond donors (Lipinski definition) is 1. The molecule has 1 heterocycles. The van der Waals surface area contributed by atoms with E-state index in [0.29, 0.717) is 5.02 Å². The highest BCUT2D eigenvalue weighted by Crippen LogP contribution is 2.34. The summed E-state index contributed by atoms with van der Waals surface area (Å²) in [6.45, 7) is 0. The summed E-state index contributed by atoms with van der Waals surface area (Å²) in [5.41, 5.74) is 0. The molecule has 0 saturated carbocycles. The SMILES string of the molecule is COc1c(Cl)csc1C(=O)O. The molecule has 11 heavy (non-hydrogen) atoms. The van der Waals surface area contributed by atoms with Crippen molar-refractivity contribution in [2.75, 3.05) is 7.11 Å². The average molecular weight is 193 g/mol. The van der Waals surface area contributed by atoms with Crippen molar-refractivity contribution in [2.24, 2.45) is 0 Å². The highest BCUT2D eigenvalue weighted by atomic mass is 35.5. The third-order valence-corrected chi connectivity index (χ3v) is 2.46. The number of ether oxygens (including phenoxy) is 1. The molecule has 1 rings (SSSR count). The van der Waals surface area contributed by atoms with E-state index in [2.05, 4.69) is 0 Å². The Balaban J connectivity index is 3.15. The van der Waals surface area contributed by atoms with Crippen LogP contribution in [0.4, 0.5) is 0 Å². The molecule has 1 aromatic heterocycles. The van der Waals surface area contributed by atoms with E-state index in [1.165, 1.54) is 12.5 Å².